The molecule has 8 nitrogen and oxygen atoms in total. The number of piperazine rings is 1. The number of rotatable bonds is 8. The van der Waals surface area contributed by atoms with E-state index in [0.717, 1.165) is 5.56 Å². The van der Waals surface area contributed by atoms with E-state index in [9.17, 15) is 18.0 Å². The van der Waals surface area contributed by atoms with Crippen molar-refractivity contribution in [1.29, 1.82) is 0 Å². The van der Waals surface area contributed by atoms with Gasteiger partial charge in [-0.2, -0.15) is 4.31 Å². The van der Waals surface area contributed by atoms with E-state index in [1.54, 1.807) is 36.9 Å². The topological polar surface area (TPSA) is 93.2 Å². The number of carbonyl (C=O) groups excluding carboxylic acids is 2. The fourth-order valence-electron chi connectivity index (χ4n) is 3.74. The molecule has 0 spiro atoms. The van der Waals surface area contributed by atoms with E-state index < -0.39 is 34.0 Å². The van der Waals surface area contributed by atoms with Crippen molar-refractivity contribution < 1.29 is 27.5 Å². The lowest BCUT2D eigenvalue weighted by atomic mass is 10.1. The molecule has 172 valence electrons. The minimum absolute atomic E-state index is 0.0988. The number of nitrogens with zero attached hydrogens (tertiary/aromatic N) is 2. The molecule has 1 aliphatic heterocycles. The van der Waals surface area contributed by atoms with E-state index in [-0.39, 0.29) is 37.7 Å². The second kappa shape index (κ2) is 10.7. The highest BCUT2D eigenvalue weighted by atomic mass is 32.2. The average Bonchev–Trinajstić information content (AvgIpc) is 2.80. The van der Waals surface area contributed by atoms with Crippen LogP contribution in [-0.2, 0) is 35.6 Å². The van der Waals surface area contributed by atoms with Gasteiger partial charge in [-0.25, -0.2) is 8.42 Å². The SMILES string of the molecule is CCOC(=O)C1CN(S(=O)(=O)c2ccccc2)CC(C(=O)OCC)N1Cc1ccccc1. The van der Waals surface area contributed by atoms with Crippen LogP contribution < -0.4 is 0 Å². The maximum absolute atomic E-state index is 13.3. The third-order valence-corrected chi connectivity index (χ3v) is 7.11. The Bertz CT molecular complexity index is 985. The number of sulfonamides is 1. The van der Waals surface area contributed by atoms with Crippen LogP contribution in [0.3, 0.4) is 0 Å². The third kappa shape index (κ3) is 5.35. The van der Waals surface area contributed by atoms with Gasteiger partial charge in [-0.15, -0.1) is 0 Å². The standard InChI is InChI=1S/C23H28N2O6S/c1-3-30-22(26)20-16-24(32(28,29)19-13-9-6-10-14-19)17-21(23(27)31-4-2)25(20)15-18-11-7-5-8-12-18/h5-14,20-21H,3-4,15-17H2,1-2H3. The van der Waals surface area contributed by atoms with Gasteiger partial charge in [0.1, 0.15) is 12.1 Å². The molecule has 0 saturated carbocycles. The van der Waals surface area contributed by atoms with Gasteiger partial charge in [-0.05, 0) is 31.5 Å². The molecule has 1 fully saturated rings. The molecule has 0 radical (unpaired) electrons. The molecule has 0 N–H and O–H groups in total. The summed E-state index contributed by atoms with van der Waals surface area (Å²) in [5.41, 5.74) is 0.885. The summed E-state index contributed by atoms with van der Waals surface area (Å²) < 4.78 is 38.3. The van der Waals surface area contributed by atoms with Crippen molar-refractivity contribution in [2.75, 3.05) is 26.3 Å². The Balaban J connectivity index is 2.01. The Morgan fingerprint density at radius 1 is 0.844 bits per heavy atom. The van der Waals surface area contributed by atoms with Crippen molar-refractivity contribution in [2.24, 2.45) is 0 Å². The minimum Gasteiger partial charge on any atom is -0.465 e. The Morgan fingerprint density at radius 3 is 1.78 bits per heavy atom. The van der Waals surface area contributed by atoms with Crippen molar-refractivity contribution in [3.8, 4) is 0 Å². The van der Waals surface area contributed by atoms with Crippen molar-refractivity contribution in [1.82, 2.24) is 9.21 Å². The molecule has 0 aliphatic carbocycles. The lowest BCUT2D eigenvalue weighted by molar-refractivity contribution is -0.161. The summed E-state index contributed by atoms with van der Waals surface area (Å²) in [6.45, 7) is 3.67. The first-order valence-corrected chi connectivity index (χ1v) is 12.0. The van der Waals surface area contributed by atoms with Gasteiger partial charge in [0.2, 0.25) is 10.0 Å². The van der Waals surface area contributed by atoms with Crippen LogP contribution in [0.25, 0.3) is 0 Å². The van der Waals surface area contributed by atoms with Crippen LogP contribution in [0.2, 0.25) is 0 Å². The van der Waals surface area contributed by atoms with Gasteiger partial charge >= 0.3 is 11.9 Å². The summed E-state index contributed by atoms with van der Waals surface area (Å²) >= 11 is 0. The molecule has 3 rings (SSSR count). The monoisotopic (exact) mass is 460 g/mol. The van der Waals surface area contributed by atoms with Gasteiger partial charge in [-0.1, -0.05) is 48.5 Å². The predicted octanol–water partition coefficient (Wildman–Crippen LogP) is 2.06. The second-order valence-corrected chi connectivity index (χ2v) is 9.27. The number of hydrogen-bond donors (Lipinski definition) is 0. The van der Waals surface area contributed by atoms with Gasteiger partial charge < -0.3 is 9.47 Å². The molecular formula is C23H28N2O6S. The highest BCUT2D eigenvalue weighted by molar-refractivity contribution is 7.89. The van der Waals surface area contributed by atoms with Crippen LogP contribution in [-0.4, -0.2) is 67.9 Å². The number of ether oxygens (including phenoxy) is 2. The summed E-state index contributed by atoms with van der Waals surface area (Å²) in [6, 6.07) is 15.4. The first-order valence-electron chi connectivity index (χ1n) is 10.6. The van der Waals surface area contributed by atoms with E-state index in [0.29, 0.717) is 0 Å². The molecular weight excluding hydrogens is 432 g/mol. The Labute approximate surface area is 188 Å². The molecule has 9 heteroatoms. The van der Waals surface area contributed by atoms with E-state index in [1.807, 2.05) is 30.3 Å². The zero-order chi connectivity index (χ0) is 23.1. The Hall–Kier alpha value is -2.75. The van der Waals surface area contributed by atoms with E-state index >= 15 is 0 Å². The van der Waals surface area contributed by atoms with Crippen LogP contribution in [0.4, 0.5) is 0 Å². The van der Waals surface area contributed by atoms with Gasteiger partial charge in [0.15, 0.2) is 0 Å². The number of esters is 2. The zero-order valence-corrected chi connectivity index (χ0v) is 19.0. The fourth-order valence-corrected chi connectivity index (χ4v) is 5.21. The summed E-state index contributed by atoms with van der Waals surface area (Å²) in [4.78, 5) is 27.6. The van der Waals surface area contributed by atoms with Crippen LogP contribution in [0.15, 0.2) is 65.6 Å². The quantitative estimate of drug-likeness (QED) is 0.557. The van der Waals surface area contributed by atoms with E-state index in [4.69, 9.17) is 9.47 Å². The van der Waals surface area contributed by atoms with Crippen molar-refractivity contribution in [3.05, 3.63) is 66.2 Å². The molecule has 2 aromatic rings. The smallest absolute Gasteiger partial charge is 0.324 e. The zero-order valence-electron chi connectivity index (χ0n) is 18.2. The normalized spacial score (nSPS) is 19.9. The minimum atomic E-state index is -3.93. The molecule has 2 aromatic carbocycles. The van der Waals surface area contributed by atoms with Crippen molar-refractivity contribution in [2.45, 2.75) is 37.4 Å². The summed E-state index contributed by atoms with van der Waals surface area (Å²) in [7, 11) is -3.93. The lowest BCUT2D eigenvalue weighted by Crippen LogP contribution is -2.64. The maximum Gasteiger partial charge on any atom is 0.324 e. The van der Waals surface area contributed by atoms with Gasteiger partial charge in [-0.3, -0.25) is 14.5 Å². The molecule has 2 atom stereocenters. The number of hydrogen-bond acceptors (Lipinski definition) is 7. The van der Waals surface area contributed by atoms with E-state index in [1.165, 1.54) is 16.4 Å². The Morgan fingerprint density at radius 2 is 1.31 bits per heavy atom. The lowest BCUT2D eigenvalue weighted by Gasteiger charge is -2.43. The summed E-state index contributed by atoms with van der Waals surface area (Å²) in [6.07, 6.45) is 0. The first kappa shape index (κ1) is 23.9. The van der Waals surface area contributed by atoms with Gasteiger partial charge in [0.25, 0.3) is 0 Å². The van der Waals surface area contributed by atoms with Crippen LogP contribution in [0.1, 0.15) is 19.4 Å². The highest BCUT2D eigenvalue weighted by Crippen LogP contribution is 2.26. The average molecular weight is 461 g/mol. The number of carbonyl (C=O) groups is 2. The Kier molecular flexibility index (Phi) is 8.00. The molecule has 1 saturated heterocycles. The van der Waals surface area contributed by atoms with Crippen molar-refractivity contribution in [3.63, 3.8) is 0 Å². The molecule has 1 heterocycles. The van der Waals surface area contributed by atoms with Gasteiger partial charge in [0, 0.05) is 19.6 Å². The van der Waals surface area contributed by atoms with Gasteiger partial charge in [0.05, 0.1) is 18.1 Å². The molecule has 1 aliphatic rings. The predicted molar refractivity (Wildman–Crippen MR) is 118 cm³/mol. The maximum atomic E-state index is 13.3. The fraction of sp³-hybridized carbons (Fsp3) is 0.391. The summed E-state index contributed by atoms with van der Waals surface area (Å²) in [5, 5.41) is 0. The second-order valence-electron chi connectivity index (χ2n) is 7.33. The van der Waals surface area contributed by atoms with Crippen LogP contribution in [0, 0.1) is 0 Å². The van der Waals surface area contributed by atoms with Crippen molar-refractivity contribution >= 4 is 22.0 Å². The largest absolute Gasteiger partial charge is 0.465 e. The highest BCUT2D eigenvalue weighted by Gasteiger charge is 2.46. The molecule has 0 aromatic heterocycles. The molecule has 2 unspecified atom stereocenters. The molecule has 32 heavy (non-hydrogen) atoms. The third-order valence-electron chi connectivity index (χ3n) is 5.26. The first-order chi connectivity index (χ1) is 15.4. The number of benzene rings is 2. The molecule has 0 bridgehead atoms. The van der Waals surface area contributed by atoms with Crippen LogP contribution in [0.5, 0.6) is 0 Å². The summed E-state index contributed by atoms with van der Waals surface area (Å²) in [5.74, 6) is -1.16. The van der Waals surface area contributed by atoms with E-state index in [2.05, 4.69) is 0 Å². The molecule has 0 amide bonds. The van der Waals surface area contributed by atoms with Crippen LogP contribution >= 0.6 is 0 Å².